The second-order valence-electron chi connectivity index (χ2n) is 15.5. The van der Waals surface area contributed by atoms with Crippen molar-refractivity contribution in [1.82, 2.24) is 20.3 Å². The molecule has 0 saturated carbocycles. The first-order valence-corrected chi connectivity index (χ1v) is 18.9. The lowest BCUT2D eigenvalue weighted by atomic mass is 9.85. The number of hydrogen-bond donors (Lipinski definition) is 5. The molecular formula is C43H56N4O4. The fraction of sp³-hybridized carbons (Fsp3) is 0.488. The summed E-state index contributed by atoms with van der Waals surface area (Å²) in [6, 6.07) is 0. The number of nitrogens with one attached hydrogen (secondary N) is 4. The molecule has 0 aromatic carbocycles. The molecule has 3 aromatic heterocycles. The van der Waals surface area contributed by atoms with Gasteiger partial charge in [-0.15, -0.1) is 0 Å². The van der Waals surface area contributed by atoms with Gasteiger partial charge in [0.15, 0.2) is 0 Å². The summed E-state index contributed by atoms with van der Waals surface area (Å²) in [6.45, 7) is 19.8. The zero-order valence-electron chi connectivity index (χ0n) is 31.9. The number of rotatable bonds is 11. The molecule has 0 radical (unpaired) electrons. The number of ether oxygens (including phenoxy) is 1. The van der Waals surface area contributed by atoms with Crippen molar-refractivity contribution in [3.8, 4) is 0 Å². The molecule has 1 saturated heterocycles. The van der Waals surface area contributed by atoms with Crippen LogP contribution < -0.4 is 16.0 Å². The first-order chi connectivity index (χ1) is 24.3. The minimum absolute atomic E-state index is 0.0232. The molecular weight excluding hydrogens is 636 g/mol. The number of carboxylic acid groups (broad SMARTS) is 1. The molecule has 5 N–H and O–H groups in total. The van der Waals surface area contributed by atoms with Crippen molar-refractivity contribution in [3.05, 3.63) is 89.9 Å². The summed E-state index contributed by atoms with van der Waals surface area (Å²) in [6.07, 6.45) is 14.1. The third-order valence-electron chi connectivity index (χ3n) is 11.8. The predicted molar refractivity (Wildman–Crippen MR) is 205 cm³/mol. The number of carboxylic acids is 1. The fourth-order valence-corrected chi connectivity index (χ4v) is 8.34. The van der Waals surface area contributed by atoms with Crippen molar-refractivity contribution in [2.24, 2.45) is 23.7 Å². The van der Waals surface area contributed by atoms with Crippen LogP contribution in [0, 0.1) is 51.4 Å². The summed E-state index contributed by atoms with van der Waals surface area (Å²) < 4.78 is 5.69. The number of carbonyl (C=O) groups is 2. The van der Waals surface area contributed by atoms with Crippen molar-refractivity contribution in [2.45, 2.75) is 107 Å². The van der Waals surface area contributed by atoms with Crippen molar-refractivity contribution < 1.29 is 19.4 Å². The highest BCUT2D eigenvalue weighted by molar-refractivity contribution is 5.93. The monoisotopic (exact) mass is 692 g/mol. The summed E-state index contributed by atoms with van der Waals surface area (Å²) in [7, 11) is 0. The van der Waals surface area contributed by atoms with Gasteiger partial charge in [-0.2, -0.15) is 0 Å². The average Bonchev–Trinajstić information content (AvgIpc) is 3.83. The van der Waals surface area contributed by atoms with Crippen molar-refractivity contribution in [2.75, 3.05) is 6.61 Å². The van der Waals surface area contributed by atoms with E-state index in [1.54, 1.807) is 0 Å². The van der Waals surface area contributed by atoms with E-state index in [4.69, 9.17) is 4.74 Å². The number of hydrogen-bond acceptors (Lipinski definition) is 4. The highest BCUT2D eigenvalue weighted by Crippen LogP contribution is 2.48. The second kappa shape index (κ2) is 14.6. The predicted octanol–water partition coefficient (Wildman–Crippen LogP) is 7.40. The van der Waals surface area contributed by atoms with Crippen molar-refractivity contribution >= 4 is 35.7 Å². The number of aliphatic carboxylic acids is 1. The first-order valence-electron chi connectivity index (χ1n) is 18.9. The summed E-state index contributed by atoms with van der Waals surface area (Å²) in [5.74, 6) is -1.14. The molecule has 8 heteroatoms. The second-order valence-corrected chi connectivity index (χ2v) is 15.5. The molecule has 5 heterocycles. The highest BCUT2D eigenvalue weighted by Gasteiger charge is 2.43. The molecule has 6 rings (SSSR count). The number of carbonyl (C=O) groups excluding carboxylic acids is 1. The summed E-state index contributed by atoms with van der Waals surface area (Å²) >= 11 is 0. The SMILES string of the molecule is CCc1c(C)/c2[nH]/c1=C\c1[nH]c3c(c1C)C[C@H](C(=O)O)/C3=C1/N/C(=C\c3[nH]c(c(C)c3C)\C=2)[C@@H](C)[C@@H]1CCC(=O)OC/C=C(/C)CCCC(C)C. The molecule has 3 aromatic rings. The minimum Gasteiger partial charge on any atom is -0.481 e. The smallest absolute Gasteiger partial charge is 0.311 e. The minimum atomic E-state index is -0.837. The van der Waals surface area contributed by atoms with Gasteiger partial charge in [0.25, 0.3) is 0 Å². The van der Waals surface area contributed by atoms with E-state index < -0.39 is 11.9 Å². The van der Waals surface area contributed by atoms with Gasteiger partial charge >= 0.3 is 11.9 Å². The molecule has 8 bridgehead atoms. The molecule has 1 aliphatic carbocycles. The quantitative estimate of drug-likeness (QED) is 0.106. The maximum atomic E-state index is 13.1. The average molecular weight is 693 g/mol. The molecule has 8 nitrogen and oxygen atoms in total. The molecule has 3 aliphatic rings. The van der Waals surface area contributed by atoms with Crippen LogP contribution >= 0.6 is 0 Å². The fourth-order valence-electron chi connectivity index (χ4n) is 8.34. The largest absolute Gasteiger partial charge is 0.481 e. The third kappa shape index (κ3) is 7.07. The summed E-state index contributed by atoms with van der Waals surface area (Å²) in [5.41, 5.74) is 14.9. The maximum absolute atomic E-state index is 13.1. The zero-order valence-corrected chi connectivity index (χ0v) is 31.9. The van der Waals surface area contributed by atoms with Gasteiger partial charge in [-0.05, 0) is 130 Å². The van der Waals surface area contributed by atoms with E-state index in [2.05, 4.69) is 101 Å². The lowest BCUT2D eigenvalue weighted by molar-refractivity contribution is -0.143. The van der Waals surface area contributed by atoms with Gasteiger partial charge in [0.2, 0.25) is 0 Å². The Labute approximate surface area is 302 Å². The van der Waals surface area contributed by atoms with Crippen LogP contribution in [0.15, 0.2) is 23.0 Å². The number of fused-ring (bicyclic) bond motifs is 7. The third-order valence-corrected chi connectivity index (χ3v) is 11.8. The van der Waals surface area contributed by atoms with E-state index in [1.165, 1.54) is 34.2 Å². The lowest BCUT2D eigenvalue weighted by Gasteiger charge is -2.19. The number of aromatic nitrogens is 3. The van der Waals surface area contributed by atoms with E-state index in [0.29, 0.717) is 18.8 Å². The summed E-state index contributed by atoms with van der Waals surface area (Å²) in [4.78, 5) is 37.1. The Morgan fingerprint density at radius 3 is 2.31 bits per heavy atom. The Morgan fingerprint density at radius 1 is 0.941 bits per heavy atom. The Hall–Kier alpha value is -4.46. The van der Waals surface area contributed by atoms with Gasteiger partial charge in [0, 0.05) is 68.7 Å². The van der Waals surface area contributed by atoms with E-state index in [9.17, 15) is 14.7 Å². The van der Waals surface area contributed by atoms with Gasteiger partial charge in [-0.1, -0.05) is 39.7 Å². The van der Waals surface area contributed by atoms with Crippen LogP contribution in [0.5, 0.6) is 0 Å². The number of aromatic amines is 3. The van der Waals surface area contributed by atoms with Gasteiger partial charge in [-0.25, -0.2) is 0 Å². The van der Waals surface area contributed by atoms with Crippen LogP contribution in [0.4, 0.5) is 0 Å². The van der Waals surface area contributed by atoms with Gasteiger partial charge in [0.05, 0.1) is 5.92 Å². The van der Waals surface area contributed by atoms with E-state index in [1.807, 2.05) is 6.08 Å². The Bertz CT molecular complexity index is 2080. The van der Waals surface area contributed by atoms with Crippen LogP contribution in [0.25, 0.3) is 23.8 Å². The number of esters is 1. The first kappa shape index (κ1) is 36.3. The van der Waals surface area contributed by atoms with Crippen LogP contribution in [-0.4, -0.2) is 38.6 Å². The zero-order chi connectivity index (χ0) is 36.7. The molecule has 0 amide bonds. The van der Waals surface area contributed by atoms with Gasteiger partial charge in [-0.3, -0.25) is 9.59 Å². The Kier molecular flexibility index (Phi) is 10.4. The van der Waals surface area contributed by atoms with E-state index in [0.717, 1.165) is 80.8 Å². The van der Waals surface area contributed by atoms with Gasteiger partial charge < -0.3 is 30.1 Å². The maximum Gasteiger partial charge on any atom is 0.311 e. The van der Waals surface area contributed by atoms with E-state index >= 15 is 0 Å². The molecule has 2 aliphatic heterocycles. The van der Waals surface area contributed by atoms with Crippen LogP contribution in [-0.2, 0) is 27.2 Å². The molecule has 272 valence electrons. The topological polar surface area (TPSA) is 123 Å². The molecule has 0 unspecified atom stereocenters. The highest BCUT2D eigenvalue weighted by atomic mass is 16.5. The standard InChI is InChI=1S/C43H56N4O4/c1-10-29-26(7)35-19-33-24(5)25(6)34(44-33)20-36-27(8)30(14-15-39(48)51-17-16-23(4)13-11-12-22(2)3)41(46-36)40-32(43(49)50)18-31-28(9)37(47-42(31)40)21-38(29)45-35/h16,19-22,27,30,32,44-47H,10-15,17-18H2,1-9H3,(H,49,50)/b23-16-,35-19-,36-20-,38-21-,41-40-/t27-,30-,32-/m0/s1. The normalized spacial score (nSPS) is 23.4. The van der Waals surface area contributed by atoms with E-state index in [-0.39, 0.29) is 30.8 Å². The number of H-pyrrole nitrogens is 3. The number of allylic oxidation sites excluding steroid dienone is 3. The Morgan fingerprint density at radius 2 is 1.63 bits per heavy atom. The van der Waals surface area contributed by atoms with Crippen LogP contribution in [0.1, 0.15) is 123 Å². The molecule has 51 heavy (non-hydrogen) atoms. The van der Waals surface area contributed by atoms with Crippen LogP contribution in [0.3, 0.4) is 0 Å². The molecule has 1 fully saturated rings. The van der Waals surface area contributed by atoms with Crippen LogP contribution in [0.2, 0.25) is 0 Å². The molecule has 3 atom stereocenters. The lowest BCUT2D eigenvalue weighted by Crippen LogP contribution is -2.20. The molecule has 0 spiro atoms. The Balaban J connectivity index is 1.42. The van der Waals surface area contributed by atoms with Crippen molar-refractivity contribution in [1.29, 1.82) is 0 Å². The summed E-state index contributed by atoms with van der Waals surface area (Å²) in [5, 5.41) is 16.5. The van der Waals surface area contributed by atoms with Gasteiger partial charge in [0.1, 0.15) is 6.61 Å². The van der Waals surface area contributed by atoms with Crippen molar-refractivity contribution in [3.63, 3.8) is 0 Å².